The Morgan fingerprint density at radius 1 is 0.953 bits per heavy atom. The van der Waals surface area contributed by atoms with Crippen molar-refractivity contribution in [3.8, 4) is 11.5 Å². The number of amides is 1. The topological polar surface area (TPSA) is 55.8 Å². The zero-order valence-corrected chi connectivity index (χ0v) is 25.3. The van der Waals surface area contributed by atoms with Gasteiger partial charge in [0.2, 0.25) is 5.91 Å². The number of carbonyl (C=O) groups is 2. The van der Waals surface area contributed by atoms with Gasteiger partial charge in [0.05, 0.1) is 25.1 Å². The number of likely N-dealkylation sites (tertiary alicyclic amines) is 1. The Bertz CT molecular complexity index is 1540. The smallest absolute Gasteiger partial charge is 0.316 e. The third-order valence-corrected chi connectivity index (χ3v) is 8.05. The minimum atomic E-state index is -0.654. The van der Waals surface area contributed by atoms with Gasteiger partial charge in [0.25, 0.3) is 0 Å². The number of carbonyl (C=O) groups excluding carboxylic acids is 2. The summed E-state index contributed by atoms with van der Waals surface area (Å²) in [5.74, 6) is 0.444. The van der Waals surface area contributed by atoms with Crippen LogP contribution in [0.4, 0.5) is 8.78 Å². The summed E-state index contributed by atoms with van der Waals surface area (Å²) in [6, 6.07) is 18.9. The van der Waals surface area contributed by atoms with Crippen LogP contribution in [0.25, 0.3) is 11.1 Å². The summed E-state index contributed by atoms with van der Waals surface area (Å²) in [5, 5.41) is 0. The second-order valence-electron chi connectivity index (χ2n) is 12.5. The van der Waals surface area contributed by atoms with E-state index < -0.39 is 12.1 Å². The van der Waals surface area contributed by atoms with Gasteiger partial charge in [-0.1, -0.05) is 30.3 Å². The molecule has 43 heavy (non-hydrogen) atoms. The molecule has 0 unspecified atom stereocenters. The van der Waals surface area contributed by atoms with Gasteiger partial charge < -0.3 is 14.4 Å². The molecule has 1 fully saturated rings. The van der Waals surface area contributed by atoms with Crippen LogP contribution >= 0.6 is 0 Å². The second kappa shape index (κ2) is 12.7. The molecule has 3 aromatic rings. The number of nitrogens with zero attached hydrogens (tertiary/aromatic N) is 1. The Morgan fingerprint density at radius 2 is 1.67 bits per heavy atom. The van der Waals surface area contributed by atoms with E-state index in [-0.39, 0.29) is 30.2 Å². The van der Waals surface area contributed by atoms with Crippen molar-refractivity contribution in [1.29, 1.82) is 0 Å². The standard InChI is InChI=1S/C36H39F2NO4/c1-23-8-14-30(32(38)20-23)31-7-5-6-25-21-27(43-35(41)36(2,3)4)13-15-29(25)34(31)24-9-11-26(12-10-24)42-28-17-19-39(22-28)33(40)16-18-37/h8-15,20-21,28H,5-7,16-19,22H2,1-4H3/t28-/m0/s1. The van der Waals surface area contributed by atoms with Crippen LogP contribution in [0.3, 0.4) is 0 Å². The highest BCUT2D eigenvalue weighted by molar-refractivity contribution is 6.00. The van der Waals surface area contributed by atoms with E-state index in [4.69, 9.17) is 9.47 Å². The number of esters is 1. The Kier molecular flexibility index (Phi) is 9.00. The lowest BCUT2D eigenvalue weighted by molar-refractivity contribution is -0.143. The highest BCUT2D eigenvalue weighted by Crippen LogP contribution is 2.42. The van der Waals surface area contributed by atoms with Crippen LogP contribution in [0, 0.1) is 18.2 Å². The fourth-order valence-electron chi connectivity index (χ4n) is 5.73. The molecule has 1 atom stereocenters. The van der Waals surface area contributed by atoms with Crippen LogP contribution in [0.2, 0.25) is 0 Å². The predicted molar refractivity (Wildman–Crippen MR) is 164 cm³/mol. The van der Waals surface area contributed by atoms with Gasteiger partial charge in [0, 0.05) is 18.5 Å². The highest BCUT2D eigenvalue weighted by atomic mass is 19.1. The maximum absolute atomic E-state index is 15.4. The number of benzene rings is 3. The van der Waals surface area contributed by atoms with E-state index in [2.05, 4.69) is 0 Å². The Morgan fingerprint density at radius 3 is 2.37 bits per heavy atom. The predicted octanol–water partition coefficient (Wildman–Crippen LogP) is 7.72. The molecule has 0 bridgehead atoms. The minimum Gasteiger partial charge on any atom is -0.489 e. The molecule has 1 aliphatic carbocycles. The first kappa shape index (κ1) is 30.5. The maximum Gasteiger partial charge on any atom is 0.316 e. The highest BCUT2D eigenvalue weighted by Gasteiger charge is 2.28. The molecule has 0 spiro atoms. The SMILES string of the molecule is Cc1ccc(C2=C(c3ccc(O[C@H]4CCN(C(=O)CCF)C4)cc3)c3ccc(OC(=O)C(C)(C)C)cc3CCC2)c(F)c1. The van der Waals surface area contributed by atoms with Gasteiger partial charge >= 0.3 is 5.97 Å². The molecular weight excluding hydrogens is 548 g/mol. The van der Waals surface area contributed by atoms with Gasteiger partial charge in [0.1, 0.15) is 23.4 Å². The molecule has 226 valence electrons. The van der Waals surface area contributed by atoms with Crippen LogP contribution in [-0.2, 0) is 16.0 Å². The number of aryl methyl sites for hydroxylation is 2. The number of allylic oxidation sites excluding steroid dienone is 1. The monoisotopic (exact) mass is 587 g/mol. The fraction of sp³-hybridized carbons (Fsp3) is 0.389. The van der Waals surface area contributed by atoms with E-state index >= 15 is 4.39 Å². The van der Waals surface area contributed by atoms with E-state index in [0.29, 0.717) is 43.0 Å². The van der Waals surface area contributed by atoms with Crippen molar-refractivity contribution in [3.05, 3.63) is 94.3 Å². The molecule has 1 amide bonds. The van der Waals surface area contributed by atoms with Crippen molar-refractivity contribution in [2.75, 3.05) is 19.8 Å². The van der Waals surface area contributed by atoms with Gasteiger partial charge in [0.15, 0.2) is 0 Å². The van der Waals surface area contributed by atoms with Crippen molar-refractivity contribution in [3.63, 3.8) is 0 Å². The van der Waals surface area contributed by atoms with Gasteiger partial charge in [-0.25, -0.2) is 4.39 Å². The molecule has 0 N–H and O–H groups in total. The third-order valence-electron chi connectivity index (χ3n) is 8.05. The summed E-state index contributed by atoms with van der Waals surface area (Å²) in [7, 11) is 0. The summed E-state index contributed by atoms with van der Waals surface area (Å²) in [5.41, 5.74) is 5.65. The van der Waals surface area contributed by atoms with E-state index in [1.54, 1.807) is 11.0 Å². The molecular formula is C36H39F2NO4. The summed E-state index contributed by atoms with van der Waals surface area (Å²) < 4.78 is 39.9. The quantitative estimate of drug-likeness (QED) is 0.210. The summed E-state index contributed by atoms with van der Waals surface area (Å²) in [6.45, 7) is 7.70. The van der Waals surface area contributed by atoms with Crippen LogP contribution in [-0.4, -0.2) is 42.6 Å². The number of ether oxygens (including phenoxy) is 2. The zero-order valence-electron chi connectivity index (χ0n) is 25.3. The van der Waals surface area contributed by atoms with E-state index in [1.165, 1.54) is 0 Å². The third kappa shape index (κ3) is 6.98. The minimum absolute atomic E-state index is 0.0948. The molecule has 7 heteroatoms. The van der Waals surface area contributed by atoms with Crippen molar-refractivity contribution < 1.29 is 27.8 Å². The van der Waals surface area contributed by atoms with E-state index in [0.717, 1.165) is 46.2 Å². The van der Waals surface area contributed by atoms with Crippen LogP contribution in [0.15, 0.2) is 60.7 Å². The number of hydrogen-bond donors (Lipinski definition) is 0. The summed E-state index contributed by atoms with van der Waals surface area (Å²) in [6.07, 6.45) is 2.70. The average Bonchev–Trinajstić information content (AvgIpc) is 3.34. The summed E-state index contributed by atoms with van der Waals surface area (Å²) >= 11 is 0. The maximum atomic E-state index is 15.4. The first-order valence-electron chi connectivity index (χ1n) is 15.0. The van der Waals surface area contributed by atoms with Crippen molar-refractivity contribution in [2.24, 2.45) is 5.41 Å². The number of alkyl halides is 1. The largest absolute Gasteiger partial charge is 0.489 e. The van der Waals surface area contributed by atoms with E-state index in [1.807, 2.05) is 82.3 Å². The Balaban J connectivity index is 1.49. The van der Waals surface area contributed by atoms with Gasteiger partial charge in [-0.15, -0.1) is 0 Å². The van der Waals surface area contributed by atoms with Crippen LogP contribution in [0.1, 0.15) is 74.3 Å². The lowest BCUT2D eigenvalue weighted by Crippen LogP contribution is -2.31. The number of hydrogen-bond acceptors (Lipinski definition) is 4. The molecule has 1 aliphatic heterocycles. The van der Waals surface area contributed by atoms with Crippen molar-refractivity contribution >= 4 is 23.0 Å². The van der Waals surface area contributed by atoms with Gasteiger partial charge in [-0.05, 0) is 111 Å². The molecule has 0 saturated carbocycles. The molecule has 1 heterocycles. The lowest BCUT2D eigenvalue weighted by Gasteiger charge is -2.20. The van der Waals surface area contributed by atoms with Crippen molar-refractivity contribution in [2.45, 2.75) is 65.9 Å². The average molecular weight is 588 g/mol. The summed E-state index contributed by atoms with van der Waals surface area (Å²) in [4.78, 5) is 26.3. The zero-order chi connectivity index (χ0) is 30.7. The molecule has 5 nitrogen and oxygen atoms in total. The first-order valence-corrected chi connectivity index (χ1v) is 15.0. The van der Waals surface area contributed by atoms with Crippen molar-refractivity contribution in [1.82, 2.24) is 4.90 Å². The molecule has 2 aliphatic rings. The van der Waals surface area contributed by atoms with Crippen LogP contribution < -0.4 is 9.47 Å². The van der Waals surface area contributed by atoms with Gasteiger partial charge in [-0.2, -0.15) is 0 Å². The second-order valence-corrected chi connectivity index (χ2v) is 12.5. The number of fused-ring (bicyclic) bond motifs is 1. The fourth-order valence-corrected chi connectivity index (χ4v) is 5.73. The molecule has 5 rings (SSSR count). The Hall–Kier alpha value is -4.00. The normalized spacial score (nSPS) is 17.0. The molecule has 1 saturated heterocycles. The molecule has 0 radical (unpaired) electrons. The molecule has 3 aromatic carbocycles. The lowest BCUT2D eigenvalue weighted by atomic mass is 9.87. The van der Waals surface area contributed by atoms with Crippen LogP contribution in [0.5, 0.6) is 11.5 Å². The molecule has 0 aromatic heterocycles. The van der Waals surface area contributed by atoms with E-state index in [9.17, 15) is 14.0 Å². The number of rotatable bonds is 7. The first-order chi connectivity index (χ1) is 20.5. The van der Waals surface area contributed by atoms with Gasteiger partial charge in [-0.3, -0.25) is 14.0 Å². The Labute approximate surface area is 252 Å². The number of halogens is 2.